The monoisotopic (exact) mass is 359 g/mol. The van der Waals surface area contributed by atoms with Crippen LogP contribution in [0.5, 0.6) is 0 Å². The van der Waals surface area contributed by atoms with Crippen molar-refractivity contribution in [3.63, 3.8) is 0 Å². The first-order valence-corrected chi connectivity index (χ1v) is 8.68. The van der Waals surface area contributed by atoms with Gasteiger partial charge in [0.1, 0.15) is 5.82 Å². The highest BCUT2D eigenvalue weighted by molar-refractivity contribution is 5.80. The number of hydrogen-bond acceptors (Lipinski definition) is 3. The molecule has 0 aliphatic carbocycles. The van der Waals surface area contributed by atoms with E-state index in [1.165, 1.54) is 12.1 Å². The third-order valence-corrected chi connectivity index (χ3v) is 5.04. The third-order valence-electron chi connectivity index (χ3n) is 5.04. The number of carboxylic acid groups (broad SMARTS) is 1. The van der Waals surface area contributed by atoms with Crippen LogP contribution in [-0.4, -0.2) is 44.8 Å². The van der Waals surface area contributed by atoms with Crippen LogP contribution in [0.2, 0.25) is 0 Å². The lowest BCUT2D eigenvalue weighted by Crippen LogP contribution is -2.41. The highest BCUT2D eigenvalue weighted by Gasteiger charge is 2.28. The molecule has 0 unspecified atom stereocenters. The number of nitrogens with zero attached hydrogens (tertiary/aromatic N) is 3. The van der Waals surface area contributed by atoms with E-state index in [-0.39, 0.29) is 24.1 Å². The number of benzene rings is 1. The van der Waals surface area contributed by atoms with Gasteiger partial charge in [-0.05, 0) is 51.0 Å². The molecule has 0 saturated carbocycles. The van der Waals surface area contributed by atoms with Gasteiger partial charge in [-0.1, -0.05) is 0 Å². The molecule has 2 aromatic rings. The van der Waals surface area contributed by atoms with Gasteiger partial charge in [-0.3, -0.25) is 9.59 Å². The number of halogens is 1. The number of carboxylic acids is 1. The molecular weight excluding hydrogens is 337 g/mol. The molecule has 0 atom stereocenters. The summed E-state index contributed by atoms with van der Waals surface area (Å²) in [5, 5.41) is 13.6. The SMILES string of the molecule is Cc1nn(-c2ccc(F)cc2)c(C)c1CC(=O)N1CCC(C(=O)O)CC1. The van der Waals surface area contributed by atoms with Gasteiger partial charge in [0.2, 0.25) is 5.91 Å². The van der Waals surface area contributed by atoms with E-state index >= 15 is 0 Å². The van der Waals surface area contributed by atoms with Gasteiger partial charge in [0, 0.05) is 24.3 Å². The fraction of sp³-hybridized carbons (Fsp3) is 0.421. The molecule has 26 heavy (non-hydrogen) atoms. The van der Waals surface area contributed by atoms with Crippen molar-refractivity contribution in [2.75, 3.05) is 13.1 Å². The quantitative estimate of drug-likeness (QED) is 0.910. The molecule has 1 aliphatic rings. The summed E-state index contributed by atoms with van der Waals surface area (Å²) in [6.07, 6.45) is 1.22. The molecule has 1 fully saturated rings. The molecule has 2 heterocycles. The maximum Gasteiger partial charge on any atom is 0.306 e. The van der Waals surface area contributed by atoms with E-state index in [0.717, 1.165) is 22.6 Å². The summed E-state index contributed by atoms with van der Waals surface area (Å²) < 4.78 is 14.8. The Morgan fingerprint density at radius 1 is 1.19 bits per heavy atom. The summed E-state index contributed by atoms with van der Waals surface area (Å²) in [7, 11) is 0. The van der Waals surface area contributed by atoms with Crippen molar-refractivity contribution in [2.45, 2.75) is 33.1 Å². The molecule has 6 nitrogen and oxygen atoms in total. The van der Waals surface area contributed by atoms with Gasteiger partial charge >= 0.3 is 5.97 Å². The summed E-state index contributed by atoms with van der Waals surface area (Å²) in [6, 6.07) is 6.06. The molecule has 1 aliphatic heterocycles. The molecule has 1 amide bonds. The van der Waals surface area contributed by atoms with Gasteiger partial charge in [-0.15, -0.1) is 0 Å². The molecule has 138 valence electrons. The van der Waals surface area contributed by atoms with Crippen LogP contribution in [0.3, 0.4) is 0 Å². The fourth-order valence-electron chi connectivity index (χ4n) is 3.40. The predicted molar refractivity (Wildman–Crippen MR) is 93.6 cm³/mol. The van der Waals surface area contributed by atoms with Crippen molar-refractivity contribution in [2.24, 2.45) is 5.92 Å². The highest BCUT2D eigenvalue weighted by Crippen LogP contribution is 2.22. The Bertz CT molecular complexity index is 821. The van der Waals surface area contributed by atoms with E-state index in [1.807, 2.05) is 13.8 Å². The van der Waals surface area contributed by atoms with Crippen molar-refractivity contribution in [3.8, 4) is 5.69 Å². The van der Waals surface area contributed by atoms with E-state index < -0.39 is 5.97 Å². The summed E-state index contributed by atoms with van der Waals surface area (Å²) in [6.45, 7) is 4.69. The van der Waals surface area contributed by atoms with Crippen LogP contribution in [0.15, 0.2) is 24.3 Å². The van der Waals surface area contributed by atoms with Crippen molar-refractivity contribution < 1.29 is 19.1 Å². The van der Waals surface area contributed by atoms with E-state index in [2.05, 4.69) is 5.10 Å². The number of carbonyl (C=O) groups excluding carboxylic acids is 1. The summed E-state index contributed by atoms with van der Waals surface area (Å²) in [5.74, 6) is -1.47. The van der Waals surface area contributed by atoms with Gasteiger partial charge in [0.25, 0.3) is 0 Å². The van der Waals surface area contributed by atoms with Crippen molar-refractivity contribution in [1.29, 1.82) is 0 Å². The lowest BCUT2D eigenvalue weighted by Gasteiger charge is -2.30. The number of likely N-dealkylation sites (tertiary alicyclic amines) is 1. The number of amides is 1. The zero-order valence-electron chi connectivity index (χ0n) is 14.9. The van der Waals surface area contributed by atoms with Gasteiger partial charge in [-0.2, -0.15) is 5.10 Å². The smallest absolute Gasteiger partial charge is 0.306 e. The molecule has 0 bridgehead atoms. The molecule has 7 heteroatoms. The molecule has 3 rings (SSSR count). The van der Waals surface area contributed by atoms with Crippen LogP contribution >= 0.6 is 0 Å². The summed E-state index contributed by atoms with van der Waals surface area (Å²) >= 11 is 0. The normalized spacial score (nSPS) is 15.3. The van der Waals surface area contributed by atoms with Crippen LogP contribution < -0.4 is 0 Å². The first-order chi connectivity index (χ1) is 12.4. The summed E-state index contributed by atoms with van der Waals surface area (Å²) in [4.78, 5) is 25.4. The topological polar surface area (TPSA) is 75.4 Å². The molecule has 0 radical (unpaired) electrons. The van der Waals surface area contributed by atoms with E-state index in [9.17, 15) is 14.0 Å². The zero-order chi connectivity index (χ0) is 18.8. The zero-order valence-corrected chi connectivity index (χ0v) is 14.9. The maximum absolute atomic E-state index is 13.1. The molecule has 0 spiro atoms. The second-order valence-electron chi connectivity index (χ2n) is 6.71. The average Bonchev–Trinajstić information content (AvgIpc) is 2.90. The minimum atomic E-state index is -0.788. The van der Waals surface area contributed by atoms with Crippen LogP contribution in [0.25, 0.3) is 5.69 Å². The van der Waals surface area contributed by atoms with Crippen molar-refractivity contribution >= 4 is 11.9 Å². The third kappa shape index (κ3) is 3.61. The van der Waals surface area contributed by atoms with Crippen LogP contribution in [0.1, 0.15) is 29.8 Å². The van der Waals surface area contributed by atoms with Crippen LogP contribution in [0, 0.1) is 25.6 Å². The lowest BCUT2D eigenvalue weighted by atomic mass is 9.96. The largest absolute Gasteiger partial charge is 0.481 e. The van der Waals surface area contributed by atoms with Crippen molar-refractivity contribution in [1.82, 2.24) is 14.7 Å². The fourth-order valence-corrected chi connectivity index (χ4v) is 3.40. The predicted octanol–water partition coefficient (Wildman–Crippen LogP) is 2.49. The van der Waals surface area contributed by atoms with Crippen LogP contribution in [0.4, 0.5) is 4.39 Å². The van der Waals surface area contributed by atoms with Gasteiger partial charge in [0.15, 0.2) is 0 Å². The van der Waals surface area contributed by atoms with Crippen LogP contribution in [-0.2, 0) is 16.0 Å². The first-order valence-electron chi connectivity index (χ1n) is 8.68. The Kier molecular flexibility index (Phi) is 5.06. The maximum atomic E-state index is 13.1. The van der Waals surface area contributed by atoms with Gasteiger partial charge in [-0.25, -0.2) is 9.07 Å². The Hall–Kier alpha value is -2.70. The number of rotatable bonds is 4. The Morgan fingerprint density at radius 2 is 1.81 bits per heavy atom. The number of aliphatic carboxylic acids is 1. The average molecular weight is 359 g/mol. The molecular formula is C19H22FN3O3. The minimum absolute atomic E-state index is 0.0151. The minimum Gasteiger partial charge on any atom is -0.481 e. The molecule has 1 N–H and O–H groups in total. The number of aromatic nitrogens is 2. The van der Waals surface area contributed by atoms with Gasteiger partial charge < -0.3 is 10.0 Å². The Labute approximate surface area is 151 Å². The van der Waals surface area contributed by atoms with Gasteiger partial charge in [0.05, 0.1) is 23.7 Å². The molecule has 1 saturated heterocycles. The number of hydrogen-bond donors (Lipinski definition) is 1. The second kappa shape index (κ2) is 7.27. The molecule has 1 aromatic carbocycles. The first kappa shape index (κ1) is 18.1. The number of piperidine rings is 1. The number of aryl methyl sites for hydroxylation is 1. The van der Waals surface area contributed by atoms with E-state index in [1.54, 1.807) is 21.7 Å². The number of carbonyl (C=O) groups is 2. The lowest BCUT2D eigenvalue weighted by molar-refractivity contribution is -0.145. The molecule has 1 aromatic heterocycles. The summed E-state index contributed by atoms with van der Waals surface area (Å²) in [5.41, 5.74) is 3.22. The van der Waals surface area contributed by atoms with E-state index in [4.69, 9.17) is 5.11 Å². The standard InChI is InChI=1S/C19H22FN3O3/c1-12-17(11-18(24)22-9-7-14(8-10-22)19(25)26)13(2)23(21-12)16-5-3-15(20)4-6-16/h3-6,14H,7-11H2,1-2H3,(H,25,26). The highest BCUT2D eigenvalue weighted by atomic mass is 19.1. The van der Waals surface area contributed by atoms with E-state index in [0.29, 0.717) is 25.9 Å². The van der Waals surface area contributed by atoms with Crippen molar-refractivity contribution in [3.05, 3.63) is 47.0 Å². The second-order valence-corrected chi connectivity index (χ2v) is 6.71. The Morgan fingerprint density at radius 3 is 2.38 bits per heavy atom. The Balaban J connectivity index is 1.73.